The van der Waals surface area contributed by atoms with E-state index in [9.17, 15) is 5.21 Å². The molecule has 1 unspecified atom stereocenters. The van der Waals surface area contributed by atoms with Crippen LogP contribution in [-0.4, -0.2) is 36.4 Å². The largest absolute Gasteiger partial charge is 0.411 e. The molecule has 1 heterocycles. The lowest BCUT2D eigenvalue weighted by atomic mass is 10.1. The van der Waals surface area contributed by atoms with Crippen LogP contribution in [0.2, 0.25) is 0 Å². The molecule has 0 radical (unpaired) electrons. The highest BCUT2D eigenvalue weighted by Crippen LogP contribution is 2.27. The molecule has 6 nitrogen and oxygen atoms in total. The Morgan fingerprint density at radius 1 is 1.19 bits per heavy atom. The number of nitrogens with zero attached hydrogens (tertiary/aromatic N) is 5. The Hall–Kier alpha value is -1.63. The lowest BCUT2D eigenvalue weighted by molar-refractivity contribution is 0.316. The van der Waals surface area contributed by atoms with Gasteiger partial charge in [0.05, 0.1) is 11.0 Å². The average Bonchev–Trinajstić information content (AvgIpc) is 2.87. The second-order valence-electron chi connectivity index (χ2n) is 4.92. The molecule has 0 fully saturated rings. The lowest BCUT2D eigenvalue weighted by Crippen LogP contribution is -2.18. The minimum Gasteiger partial charge on any atom is -0.411 e. The smallest absolute Gasteiger partial charge is 0.209 e. The van der Waals surface area contributed by atoms with Crippen molar-refractivity contribution >= 4 is 17.5 Å². The van der Waals surface area contributed by atoms with Crippen LogP contribution in [0.5, 0.6) is 0 Å². The van der Waals surface area contributed by atoms with Crippen LogP contribution in [-0.2, 0) is 7.05 Å². The lowest BCUT2D eigenvalue weighted by Gasteiger charge is -2.16. The van der Waals surface area contributed by atoms with Crippen molar-refractivity contribution in [2.45, 2.75) is 48.9 Å². The molecule has 1 N–H and O–H groups in total. The number of hydrogen-bond donors (Lipinski definition) is 1. The molecule has 1 aliphatic carbocycles. The summed E-state index contributed by atoms with van der Waals surface area (Å²) in [5.74, 6) is 0. The fourth-order valence-electron chi connectivity index (χ4n) is 2.16. The summed E-state index contributed by atoms with van der Waals surface area (Å²) in [5.41, 5.74) is 0.807. The first-order chi connectivity index (χ1) is 10.3. The van der Waals surface area contributed by atoms with E-state index in [0.717, 1.165) is 49.4 Å². The number of aromatic nitrogens is 4. The second kappa shape index (κ2) is 8.61. The molecule has 0 amide bonds. The quantitative estimate of drug-likeness (QED) is 0.516. The Balaban J connectivity index is 2.10. The summed E-state index contributed by atoms with van der Waals surface area (Å²) < 4.78 is 1.64. The van der Waals surface area contributed by atoms with Gasteiger partial charge in [-0.2, -0.15) is 0 Å². The zero-order chi connectivity index (χ0) is 14.9. The summed E-state index contributed by atoms with van der Waals surface area (Å²) in [4.78, 5) is 0. The van der Waals surface area contributed by atoms with Gasteiger partial charge in [0.15, 0.2) is 0 Å². The molecule has 1 aromatic heterocycles. The van der Waals surface area contributed by atoms with Gasteiger partial charge in [-0.1, -0.05) is 41.2 Å². The van der Waals surface area contributed by atoms with E-state index in [1.807, 2.05) is 7.05 Å². The average molecular weight is 307 g/mol. The number of thioether (sulfide) groups is 1. The van der Waals surface area contributed by atoms with Crippen molar-refractivity contribution in [1.29, 1.82) is 0 Å². The summed E-state index contributed by atoms with van der Waals surface area (Å²) in [6.45, 7) is 0. The number of aryl methyl sites for hydroxylation is 1. The van der Waals surface area contributed by atoms with Gasteiger partial charge >= 0.3 is 0 Å². The van der Waals surface area contributed by atoms with Gasteiger partial charge in [0.25, 0.3) is 0 Å². The molecule has 0 aliphatic heterocycles. The van der Waals surface area contributed by atoms with Crippen LogP contribution < -0.4 is 0 Å². The first-order valence-corrected chi connectivity index (χ1v) is 8.09. The maximum atomic E-state index is 9.34. The van der Waals surface area contributed by atoms with Crippen molar-refractivity contribution in [1.82, 2.24) is 20.2 Å². The van der Waals surface area contributed by atoms with E-state index in [0.29, 0.717) is 0 Å². The van der Waals surface area contributed by atoms with Crippen molar-refractivity contribution in [2.24, 2.45) is 12.2 Å². The fourth-order valence-corrected chi connectivity index (χ4v) is 3.24. The minimum atomic E-state index is 0.0946. The van der Waals surface area contributed by atoms with Crippen molar-refractivity contribution in [2.75, 3.05) is 0 Å². The maximum absolute atomic E-state index is 9.34. The van der Waals surface area contributed by atoms with Crippen molar-refractivity contribution in [3.05, 3.63) is 24.3 Å². The van der Waals surface area contributed by atoms with Crippen LogP contribution in [0.4, 0.5) is 0 Å². The Labute approximate surface area is 129 Å². The Bertz CT molecular complexity index is 523. The van der Waals surface area contributed by atoms with Crippen molar-refractivity contribution < 1.29 is 5.21 Å². The highest BCUT2D eigenvalue weighted by Gasteiger charge is 2.20. The molecule has 1 aliphatic rings. The first-order valence-electron chi connectivity index (χ1n) is 7.21. The molecule has 0 spiro atoms. The van der Waals surface area contributed by atoms with E-state index in [1.54, 1.807) is 16.4 Å². The zero-order valence-corrected chi connectivity index (χ0v) is 13.0. The van der Waals surface area contributed by atoms with Crippen LogP contribution in [0.3, 0.4) is 0 Å². The summed E-state index contributed by atoms with van der Waals surface area (Å²) in [6.07, 6.45) is 14.5. The number of rotatable bonds is 2. The molecular weight excluding hydrogens is 286 g/mol. The van der Waals surface area contributed by atoms with Gasteiger partial charge in [-0.25, -0.2) is 4.68 Å². The van der Waals surface area contributed by atoms with Gasteiger partial charge in [-0.15, -0.1) is 5.10 Å². The molecule has 0 saturated heterocycles. The van der Waals surface area contributed by atoms with Crippen LogP contribution in [0.1, 0.15) is 38.5 Å². The van der Waals surface area contributed by atoms with Gasteiger partial charge in [-0.3, -0.25) is 0 Å². The van der Waals surface area contributed by atoms with Gasteiger partial charge in [-0.05, 0) is 49.0 Å². The van der Waals surface area contributed by atoms with E-state index in [-0.39, 0.29) is 5.25 Å². The molecule has 0 saturated carbocycles. The third-order valence-corrected chi connectivity index (χ3v) is 4.67. The molecule has 0 aromatic carbocycles. The topological polar surface area (TPSA) is 76.2 Å². The summed E-state index contributed by atoms with van der Waals surface area (Å²) in [6, 6.07) is 0. The van der Waals surface area contributed by atoms with Gasteiger partial charge < -0.3 is 5.21 Å². The predicted octanol–water partition coefficient (Wildman–Crippen LogP) is 2.97. The number of tetrazole rings is 1. The molecule has 1 atom stereocenters. The molecule has 1 aromatic rings. The van der Waals surface area contributed by atoms with E-state index in [1.165, 1.54) is 0 Å². The summed E-state index contributed by atoms with van der Waals surface area (Å²) in [5, 5.41) is 25.2. The number of allylic oxidation sites excluding steroid dienone is 4. The third-order valence-electron chi connectivity index (χ3n) is 3.33. The minimum absolute atomic E-state index is 0.0946. The summed E-state index contributed by atoms with van der Waals surface area (Å²) >= 11 is 1.56. The van der Waals surface area contributed by atoms with Crippen LogP contribution in [0.15, 0.2) is 34.6 Å². The molecule has 7 heteroatoms. The Morgan fingerprint density at radius 3 is 2.57 bits per heavy atom. The van der Waals surface area contributed by atoms with E-state index in [4.69, 9.17) is 0 Å². The van der Waals surface area contributed by atoms with Crippen LogP contribution in [0, 0.1) is 0 Å². The van der Waals surface area contributed by atoms with Gasteiger partial charge in [0.1, 0.15) is 0 Å². The third kappa shape index (κ3) is 5.00. The molecular formula is C14H21N5OS. The highest BCUT2D eigenvalue weighted by molar-refractivity contribution is 8.00. The normalized spacial score (nSPS) is 22.9. The number of oxime groups is 1. The highest BCUT2D eigenvalue weighted by atomic mass is 32.2. The van der Waals surface area contributed by atoms with E-state index in [2.05, 4.69) is 45.0 Å². The summed E-state index contributed by atoms with van der Waals surface area (Å²) in [7, 11) is 1.82. The Morgan fingerprint density at radius 2 is 1.90 bits per heavy atom. The fraction of sp³-hybridized carbons (Fsp3) is 0.571. The Kier molecular flexibility index (Phi) is 6.46. The monoisotopic (exact) mass is 307 g/mol. The SMILES string of the molecule is Cn1nnnc1SC1CCC=CCCC=CCCC1=NO. The van der Waals surface area contributed by atoms with Gasteiger partial charge in [0.2, 0.25) is 5.16 Å². The number of hydrogen-bond acceptors (Lipinski definition) is 6. The molecule has 114 valence electrons. The predicted molar refractivity (Wildman–Crippen MR) is 83.6 cm³/mol. The standard InChI is InChI=1S/C14H21N5OS/c1-19-14(15-17-18-19)21-13-11-9-7-5-3-2-4-6-8-10-12(13)16-20/h4-7,13,20H,2-3,8-11H2,1H3. The van der Waals surface area contributed by atoms with E-state index >= 15 is 0 Å². The van der Waals surface area contributed by atoms with E-state index < -0.39 is 0 Å². The van der Waals surface area contributed by atoms with Crippen LogP contribution in [0.25, 0.3) is 0 Å². The van der Waals surface area contributed by atoms with Gasteiger partial charge in [0, 0.05) is 7.05 Å². The molecule has 0 bridgehead atoms. The maximum Gasteiger partial charge on any atom is 0.209 e. The van der Waals surface area contributed by atoms with Crippen molar-refractivity contribution in [3.8, 4) is 0 Å². The first kappa shape index (κ1) is 15.8. The van der Waals surface area contributed by atoms with Crippen LogP contribution >= 0.6 is 11.8 Å². The molecule has 2 rings (SSSR count). The zero-order valence-electron chi connectivity index (χ0n) is 12.2. The van der Waals surface area contributed by atoms with Crippen molar-refractivity contribution in [3.63, 3.8) is 0 Å². The second-order valence-corrected chi connectivity index (χ2v) is 6.09. The molecule has 21 heavy (non-hydrogen) atoms.